The van der Waals surface area contributed by atoms with Crippen molar-refractivity contribution in [1.82, 2.24) is 0 Å². The molecule has 0 spiro atoms. The van der Waals surface area contributed by atoms with E-state index in [4.69, 9.17) is 5.26 Å². The summed E-state index contributed by atoms with van der Waals surface area (Å²) in [7, 11) is 0. The Morgan fingerprint density at radius 1 is 1.50 bits per heavy atom. The molecule has 0 atom stereocenters. The van der Waals surface area contributed by atoms with Gasteiger partial charge in [0.15, 0.2) is 0 Å². The Morgan fingerprint density at radius 3 is 2.60 bits per heavy atom. The molecule has 1 fully saturated rings. The fourth-order valence-electron chi connectivity index (χ4n) is 1.81. The predicted octanol–water partition coefficient (Wildman–Crippen LogP) is 2.36. The normalized spacial score (nSPS) is 23.9. The Morgan fingerprint density at radius 2 is 2.20 bits per heavy atom. The predicted molar refractivity (Wildman–Crippen MR) is 44.0 cm³/mol. The van der Waals surface area contributed by atoms with Crippen LogP contribution in [0.1, 0.15) is 26.7 Å². The molecule has 0 radical (unpaired) electrons. The fraction of sp³-hybridized carbons (Fsp3) is 0.875. The Hall–Kier alpha value is -0.445. The second-order valence-electron chi connectivity index (χ2n) is 4.09. The van der Waals surface area contributed by atoms with E-state index in [1.165, 1.54) is 12.8 Å². The Balaban J connectivity index is 2.49. The highest BCUT2D eigenvalue weighted by atomic mass is 14.3. The lowest BCUT2D eigenvalue weighted by atomic mass is 9.38. The smallest absolute Gasteiger partial charge is 0.213 e. The summed E-state index contributed by atoms with van der Waals surface area (Å²) in [5.41, 5.74) is 0.429. The van der Waals surface area contributed by atoms with Crippen LogP contribution in [0.3, 0.4) is 0 Å². The van der Waals surface area contributed by atoms with E-state index in [1.807, 2.05) is 0 Å². The molecule has 0 aliphatic carbocycles. The minimum Gasteiger partial charge on any atom is -0.213 e. The summed E-state index contributed by atoms with van der Waals surface area (Å²) in [6, 6.07) is 0. The Bertz CT molecular complexity index is 157. The summed E-state index contributed by atoms with van der Waals surface area (Å²) >= 11 is 0. The second-order valence-corrected chi connectivity index (χ2v) is 4.09. The van der Waals surface area contributed by atoms with Gasteiger partial charge in [0.2, 0.25) is 0 Å². The van der Waals surface area contributed by atoms with Gasteiger partial charge >= 0.3 is 0 Å². The maximum Gasteiger partial charge on any atom is 0.268 e. The van der Waals surface area contributed by atoms with Crippen LogP contribution in [-0.2, 0) is 0 Å². The molecule has 2 heteroatoms. The fourth-order valence-corrected chi connectivity index (χ4v) is 1.81. The summed E-state index contributed by atoms with van der Waals surface area (Å²) in [4.78, 5) is 0. The molecule has 0 N–H and O–H groups in total. The molecule has 1 nitrogen and oxygen atoms in total. The lowest BCUT2D eigenvalue weighted by Crippen LogP contribution is -2.26. The van der Waals surface area contributed by atoms with Crippen LogP contribution < -0.4 is 0 Å². The third-order valence-electron chi connectivity index (χ3n) is 2.39. The zero-order chi connectivity index (χ0) is 7.61. The van der Waals surface area contributed by atoms with E-state index < -0.39 is 0 Å². The SMILES string of the molecule is CC1(C)CCCB(C#N)C1. The van der Waals surface area contributed by atoms with Gasteiger partial charge < -0.3 is 0 Å². The number of nitrogens with zero attached hydrogens (tertiary/aromatic N) is 1. The zero-order valence-electron chi connectivity index (χ0n) is 6.85. The first-order chi connectivity index (χ1) is 4.64. The molecule has 0 aromatic rings. The van der Waals surface area contributed by atoms with Gasteiger partial charge in [0, 0.05) is 5.97 Å². The van der Waals surface area contributed by atoms with Crippen LogP contribution in [0.15, 0.2) is 0 Å². The lowest BCUT2D eigenvalue weighted by Gasteiger charge is -2.30. The van der Waals surface area contributed by atoms with Crippen molar-refractivity contribution in [2.75, 3.05) is 0 Å². The highest BCUT2D eigenvalue weighted by Crippen LogP contribution is 2.35. The van der Waals surface area contributed by atoms with Gasteiger partial charge in [-0.2, -0.15) is 0 Å². The molecule has 0 aromatic heterocycles. The molecule has 1 aliphatic rings. The van der Waals surface area contributed by atoms with Crippen LogP contribution >= 0.6 is 0 Å². The third kappa shape index (κ3) is 1.77. The number of hydrogen-bond donors (Lipinski definition) is 0. The zero-order valence-corrected chi connectivity index (χ0v) is 6.85. The average Bonchev–Trinajstić information content (AvgIpc) is 1.86. The van der Waals surface area contributed by atoms with Crippen molar-refractivity contribution in [2.24, 2.45) is 5.41 Å². The largest absolute Gasteiger partial charge is 0.268 e. The topological polar surface area (TPSA) is 23.8 Å². The lowest BCUT2D eigenvalue weighted by molar-refractivity contribution is 0.355. The standard InChI is InChI=1S/C8H14BN/c1-8(2)4-3-5-9(6-8)7-10/h3-6H2,1-2H3. The first kappa shape index (κ1) is 7.66. The van der Waals surface area contributed by atoms with Gasteiger partial charge in [-0.1, -0.05) is 32.9 Å². The quantitative estimate of drug-likeness (QED) is 0.467. The second kappa shape index (κ2) is 2.66. The summed E-state index contributed by atoms with van der Waals surface area (Å²) in [6.07, 6.45) is 4.76. The van der Waals surface area contributed by atoms with Gasteiger partial charge in [-0.25, -0.2) is 5.26 Å². The van der Waals surface area contributed by atoms with E-state index in [9.17, 15) is 0 Å². The molecule has 10 heavy (non-hydrogen) atoms. The Labute approximate surface area is 63.5 Å². The summed E-state index contributed by atoms with van der Waals surface area (Å²) in [5, 5.41) is 8.67. The number of nitriles is 1. The van der Waals surface area contributed by atoms with Gasteiger partial charge in [-0.3, -0.25) is 0 Å². The number of hydrogen-bond acceptors (Lipinski definition) is 1. The van der Waals surface area contributed by atoms with E-state index in [0.29, 0.717) is 12.1 Å². The van der Waals surface area contributed by atoms with Crippen LogP contribution in [0.2, 0.25) is 12.6 Å². The first-order valence-corrected chi connectivity index (χ1v) is 4.04. The van der Waals surface area contributed by atoms with Gasteiger partial charge in [-0.15, -0.1) is 0 Å². The minimum absolute atomic E-state index is 0.337. The molecule has 1 heterocycles. The molecular weight excluding hydrogens is 121 g/mol. The highest BCUT2D eigenvalue weighted by molar-refractivity contribution is 6.67. The summed E-state index contributed by atoms with van der Waals surface area (Å²) in [6.45, 7) is 4.86. The molecule has 1 saturated heterocycles. The summed E-state index contributed by atoms with van der Waals surface area (Å²) in [5.74, 6) is 2.36. The molecule has 54 valence electrons. The van der Waals surface area contributed by atoms with Gasteiger partial charge in [-0.05, 0) is 11.8 Å². The van der Waals surface area contributed by atoms with E-state index in [-0.39, 0.29) is 0 Å². The molecule has 1 rings (SSSR count). The van der Waals surface area contributed by atoms with Crippen molar-refractivity contribution in [3.63, 3.8) is 0 Å². The van der Waals surface area contributed by atoms with Crippen molar-refractivity contribution >= 4 is 6.71 Å². The van der Waals surface area contributed by atoms with Crippen LogP contribution in [0.25, 0.3) is 0 Å². The van der Waals surface area contributed by atoms with Gasteiger partial charge in [0.25, 0.3) is 6.71 Å². The van der Waals surface area contributed by atoms with Gasteiger partial charge in [0.05, 0.1) is 0 Å². The molecule has 0 aromatic carbocycles. The van der Waals surface area contributed by atoms with Crippen molar-refractivity contribution in [2.45, 2.75) is 39.3 Å². The summed E-state index contributed by atoms with van der Waals surface area (Å²) < 4.78 is 0. The van der Waals surface area contributed by atoms with Crippen molar-refractivity contribution in [3.05, 3.63) is 0 Å². The van der Waals surface area contributed by atoms with Crippen LogP contribution in [0.4, 0.5) is 0 Å². The minimum atomic E-state index is 0.337. The van der Waals surface area contributed by atoms with E-state index >= 15 is 0 Å². The molecule has 1 aliphatic heterocycles. The van der Waals surface area contributed by atoms with Crippen molar-refractivity contribution in [3.8, 4) is 5.97 Å². The third-order valence-corrected chi connectivity index (χ3v) is 2.39. The molecular formula is C8H14BN. The monoisotopic (exact) mass is 135 g/mol. The Kier molecular flexibility index (Phi) is 2.04. The molecule has 0 amide bonds. The number of rotatable bonds is 0. The highest BCUT2D eigenvalue weighted by Gasteiger charge is 2.30. The molecule has 0 bridgehead atoms. The molecule has 0 unspecified atom stereocenters. The van der Waals surface area contributed by atoms with E-state index in [2.05, 4.69) is 19.8 Å². The van der Waals surface area contributed by atoms with E-state index in [1.54, 1.807) is 0 Å². The maximum atomic E-state index is 8.67. The van der Waals surface area contributed by atoms with Crippen LogP contribution in [0, 0.1) is 16.6 Å². The van der Waals surface area contributed by atoms with Crippen molar-refractivity contribution in [1.29, 1.82) is 5.26 Å². The average molecular weight is 135 g/mol. The first-order valence-electron chi connectivity index (χ1n) is 4.04. The van der Waals surface area contributed by atoms with Crippen molar-refractivity contribution < 1.29 is 0 Å². The van der Waals surface area contributed by atoms with Crippen LogP contribution in [0.5, 0.6) is 0 Å². The maximum absolute atomic E-state index is 8.67. The van der Waals surface area contributed by atoms with E-state index in [0.717, 1.165) is 12.6 Å². The van der Waals surface area contributed by atoms with Crippen LogP contribution in [-0.4, -0.2) is 6.71 Å². The molecule has 0 saturated carbocycles. The van der Waals surface area contributed by atoms with Gasteiger partial charge in [0.1, 0.15) is 0 Å².